The monoisotopic (exact) mass is 290 g/mol. The molecule has 0 radical (unpaired) electrons. The molecule has 102 valence electrons. The zero-order valence-corrected chi connectivity index (χ0v) is 12.4. The third kappa shape index (κ3) is 5.25. The molecule has 0 saturated carbocycles. The van der Waals surface area contributed by atoms with E-state index in [2.05, 4.69) is 5.32 Å². The third-order valence-corrected chi connectivity index (χ3v) is 3.57. The number of halogens is 1. The van der Waals surface area contributed by atoms with Crippen molar-refractivity contribution < 1.29 is 9.53 Å². The topological polar surface area (TPSA) is 64.3 Å². The van der Waals surface area contributed by atoms with Crippen LogP contribution in [0, 0.1) is 0 Å². The first-order chi connectivity index (χ1) is 8.31. The van der Waals surface area contributed by atoms with Crippen LogP contribution >= 0.6 is 22.9 Å². The normalized spacial score (nSPS) is 13.2. The number of alkyl carbamates (subject to hydrolysis) is 1. The molecular formula is C12H19ClN2O2S. The number of ether oxygens (including phenoxy) is 1. The average molecular weight is 291 g/mol. The van der Waals surface area contributed by atoms with Crippen LogP contribution in [0.3, 0.4) is 0 Å². The second kappa shape index (κ2) is 6.41. The minimum absolute atomic E-state index is 0.0648. The Balaban J connectivity index is 2.48. The zero-order chi connectivity index (χ0) is 13.8. The maximum Gasteiger partial charge on any atom is 0.407 e. The minimum atomic E-state index is -0.492. The summed E-state index contributed by atoms with van der Waals surface area (Å²) in [5, 5.41) is 2.72. The summed E-state index contributed by atoms with van der Waals surface area (Å²) < 4.78 is 5.88. The fourth-order valence-electron chi connectivity index (χ4n) is 1.37. The highest BCUT2D eigenvalue weighted by Gasteiger charge is 2.18. The molecule has 1 heterocycles. The van der Waals surface area contributed by atoms with Gasteiger partial charge in [-0.15, -0.1) is 11.3 Å². The van der Waals surface area contributed by atoms with Gasteiger partial charge in [-0.1, -0.05) is 11.6 Å². The van der Waals surface area contributed by atoms with Gasteiger partial charge in [-0.25, -0.2) is 4.79 Å². The quantitative estimate of drug-likeness (QED) is 0.896. The summed E-state index contributed by atoms with van der Waals surface area (Å²) in [4.78, 5) is 12.6. The molecule has 6 heteroatoms. The Morgan fingerprint density at radius 2 is 2.22 bits per heavy atom. The molecule has 1 unspecified atom stereocenters. The van der Waals surface area contributed by atoms with E-state index in [-0.39, 0.29) is 5.92 Å². The summed E-state index contributed by atoms with van der Waals surface area (Å²) in [6, 6.07) is 3.76. The predicted octanol–water partition coefficient (Wildman–Crippen LogP) is 2.97. The summed E-state index contributed by atoms with van der Waals surface area (Å²) in [5.41, 5.74) is 5.21. The van der Waals surface area contributed by atoms with Crippen LogP contribution in [0.1, 0.15) is 31.6 Å². The van der Waals surface area contributed by atoms with Gasteiger partial charge in [0.05, 0.1) is 4.34 Å². The van der Waals surface area contributed by atoms with Crippen molar-refractivity contribution in [3.8, 4) is 0 Å². The number of carbonyl (C=O) groups is 1. The van der Waals surface area contributed by atoms with Crippen LogP contribution in [0.2, 0.25) is 4.34 Å². The lowest BCUT2D eigenvalue weighted by molar-refractivity contribution is 0.0525. The van der Waals surface area contributed by atoms with Gasteiger partial charge < -0.3 is 15.8 Å². The Hall–Kier alpha value is -0.780. The van der Waals surface area contributed by atoms with E-state index in [9.17, 15) is 4.79 Å². The Morgan fingerprint density at radius 1 is 1.56 bits per heavy atom. The Kier molecular flexibility index (Phi) is 5.44. The van der Waals surface area contributed by atoms with Crippen molar-refractivity contribution in [1.29, 1.82) is 0 Å². The number of amides is 1. The van der Waals surface area contributed by atoms with Gasteiger partial charge in [-0.2, -0.15) is 0 Å². The lowest BCUT2D eigenvalue weighted by Crippen LogP contribution is -2.36. The molecule has 0 bridgehead atoms. The van der Waals surface area contributed by atoms with E-state index in [1.807, 2.05) is 32.9 Å². The van der Waals surface area contributed by atoms with Gasteiger partial charge in [0.2, 0.25) is 0 Å². The van der Waals surface area contributed by atoms with Crippen molar-refractivity contribution in [3.05, 3.63) is 21.3 Å². The molecule has 0 fully saturated rings. The van der Waals surface area contributed by atoms with Gasteiger partial charge in [-0.3, -0.25) is 0 Å². The average Bonchev–Trinajstić information content (AvgIpc) is 2.63. The van der Waals surface area contributed by atoms with Crippen LogP contribution in [0.25, 0.3) is 0 Å². The molecule has 1 rings (SSSR count). The summed E-state index contributed by atoms with van der Waals surface area (Å²) >= 11 is 7.36. The van der Waals surface area contributed by atoms with E-state index >= 15 is 0 Å². The van der Waals surface area contributed by atoms with Crippen molar-refractivity contribution in [2.45, 2.75) is 32.3 Å². The molecule has 0 saturated heterocycles. The second-order valence-corrected chi connectivity index (χ2v) is 6.70. The largest absolute Gasteiger partial charge is 0.444 e. The molecule has 0 spiro atoms. The van der Waals surface area contributed by atoms with E-state index in [4.69, 9.17) is 22.1 Å². The van der Waals surface area contributed by atoms with Gasteiger partial charge in [-0.05, 0) is 32.9 Å². The van der Waals surface area contributed by atoms with E-state index in [0.717, 1.165) is 9.21 Å². The van der Waals surface area contributed by atoms with Gasteiger partial charge in [0.1, 0.15) is 5.60 Å². The maximum absolute atomic E-state index is 11.5. The molecule has 1 aromatic heterocycles. The van der Waals surface area contributed by atoms with Gasteiger partial charge in [0, 0.05) is 23.9 Å². The Bertz CT molecular complexity index is 401. The second-order valence-electron chi connectivity index (χ2n) is 4.96. The van der Waals surface area contributed by atoms with Crippen molar-refractivity contribution in [1.82, 2.24) is 5.32 Å². The number of thiophene rings is 1. The van der Waals surface area contributed by atoms with Crippen LogP contribution in [0.4, 0.5) is 4.79 Å². The summed E-state index contributed by atoms with van der Waals surface area (Å²) in [6.45, 7) is 6.37. The standard InChI is InChI=1S/C12H19ClN2O2S/c1-12(2,3)17-11(16)15-7-8(6-14)9-4-5-10(13)18-9/h4-5,8H,6-7,14H2,1-3H3,(H,15,16). The minimum Gasteiger partial charge on any atom is -0.444 e. The first-order valence-corrected chi connectivity index (χ1v) is 6.93. The number of nitrogens with two attached hydrogens (primary N) is 1. The van der Waals surface area contributed by atoms with Crippen molar-refractivity contribution >= 4 is 29.0 Å². The van der Waals surface area contributed by atoms with Crippen LogP contribution in [0.15, 0.2) is 12.1 Å². The first-order valence-electron chi connectivity index (χ1n) is 5.74. The van der Waals surface area contributed by atoms with Crippen molar-refractivity contribution in [2.75, 3.05) is 13.1 Å². The Labute approximate surface area is 116 Å². The molecule has 4 nitrogen and oxygen atoms in total. The van der Waals surface area contributed by atoms with E-state index in [1.54, 1.807) is 0 Å². The van der Waals surface area contributed by atoms with Crippen LogP contribution in [0.5, 0.6) is 0 Å². The van der Waals surface area contributed by atoms with Gasteiger partial charge in [0.15, 0.2) is 0 Å². The third-order valence-electron chi connectivity index (χ3n) is 2.17. The molecule has 1 aromatic rings. The molecule has 0 aliphatic heterocycles. The van der Waals surface area contributed by atoms with E-state index in [1.165, 1.54) is 11.3 Å². The highest BCUT2D eigenvalue weighted by molar-refractivity contribution is 7.16. The lowest BCUT2D eigenvalue weighted by atomic mass is 10.1. The van der Waals surface area contributed by atoms with Gasteiger partial charge >= 0.3 is 6.09 Å². The lowest BCUT2D eigenvalue weighted by Gasteiger charge is -2.21. The number of hydrogen-bond acceptors (Lipinski definition) is 4. The summed E-state index contributed by atoms with van der Waals surface area (Å²) in [6.07, 6.45) is -0.427. The number of hydrogen-bond donors (Lipinski definition) is 2. The fourth-order valence-corrected chi connectivity index (χ4v) is 2.54. The maximum atomic E-state index is 11.5. The molecule has 1 amide bonds. The summed E-state index contributed by atoms with van der Waals surface area (Å²) in [7, 11) is 0. The summed E-state index contributed by atoms with van der Waals surface area (Å²) in [5.74, 6) is 0.0648. The molecule has 1 atom stereocenters. The molecular weight excluding hydrogens is 272 g/mol. The van der Waals surface area contributed by atoms with E-state index < -0.39 is 11.7 Å². The number of carbonyl (C=O) groups excluding carboxylic acids is 1. The van der Waals surface area contributed by atoms with Gasteiger partial charge in [0.25, 0.3) is 0 Å². The molecule has 3 N–H and O–H groups in total. The highest BCUT2D eigenvalue weighted by atomic mass is 35.5. The first kappa shape index (κ1) is 15.3. The van der Waals surface area contributed by atoms with E-state index in [0.29, 0.717) is 13.1 Å². The smallest absolute Gasteiger partial charge is 0.407 e. The predicted molar refractivity (Wildman–Crippen MR) is 75.4 cm³/mol. The molecule has 0 aromatic carbocycles. The molecule has 0 aliphatic rings. The van der Waals surface area contributed by atoms with Crippen LogP contribution in [-0.4, -0.2) is 24.8 Å². The molecule has 18 heavy (non-hydrogen) atoms. The fraction of sp³-hybridized carbons (Fsp3) is 0.583. The zero-order valence-electron chi connectivity index (χ0n) is 10.8. The number of nitrogens with one attached hydrogen (secondary N) is 1. The SMILES string of the molecule is CC(C)(C)OC(=O)NCC(CN)c1ccc(Cl)s1. The number of rotatable bonds is 4. The van der Waals surface area contributed by atoms with Crippen LogP contribution < -0.4 is 11.1 Å². The Morgan fingerprint density at radius 3 is 2.67 bits per heavy atom. The van der Waals surface area contributed by atoms with Crippen LogP contribution in [-0.2, 0) is 4.74 Å². The molecule has 0 aliphatic carbocycles. The van der Waals surface area contributed by atoms with Crippen molar-refractivity contribution in [2.24, 2.45) is 5.73 Å². The highest BCUT2D eigenvalue weighted by Crippen LogP contribution is 2.27. The van der Waals surface area contributed by atoms with Crippen molar-refractivity contribution in [3.63, 3.8) is 0 Å².